The Bertz CT molecular complexity index is 512. The van der Waals surface area contributed by atoms with Gasteiger partial charge in [0.1, 0.15) is 6.61 Å². The largest absolute Gasteiger partial charge is 0.478 e. The Morgan fingerprint density at radius 1 is 1.53 bits per heavy atom. The molecular weight excluding hydrogens is 250 g/mol. The predicted molar refractivity (Wildman–Crippen MR) is 69.3 cm³/mol. The Balaban J connectivity index is 3.31. The summed E-state index contributed by atoms with van der Waals surface area (Å²) < 4.78 is 4.92. The highest BCUT2D eigenvalue weighted by Gasteiger charge is 2.40. The van der Waals surface area contributed by atoms with Gasteiger partial charge < -0.3 is 9.84 Å². The highest BCUT2D eigenvalue weighted by Crippen LogP contribution is 2.28. The van der Waals surface area contributed by atoms with Crippen molar-refractivity contribution in [1.29, 1.82) is 0 Å². The van der Waals surface area contributed by atoms with E-state index in [1.165, 1.54) is 20.1 Å². The minimum absolute atomic E-state index is 0.0993. The van der Waals surface area contributed by atoms with Crippen LogP contribution in [0.5, 0.6) is 0 Å². The fourth-order valence-corrected chi connectivity index (χ4v) is 1.80. The Morgan fingerprint density at radius 3 is 2.68 bits per heavy atom. The van der Waals surface area contributed by atoms with Crippen molar-refractivity contribution in [3.05, 3.63) is 51.6 Å². The van der Waals surface area contributed by atoms with Crippen molar-refractivity contribution in [2.24, 2.45) is 0 Å². The third-order valence-electron chi connectivity index (χ3n) is 2.77. The molecule has 1 aromatic rings. The van der Waals surface area contributed by atoms with E-state index in [1.807, 2.05) is 0 Å². The maximum Gasteiger partial charge on any atom is 0.328 e. The van der Waals surface area contributed by atoms with Crippen LogP contribution in [-0.2, 0) is 15.1 Å². The topological polar surface area (TPSA) is 89.7 Å². The van der Waals surface area contributed by atoms with Crippen molar-refractivity contribution in [3.63, 3.8) is 0 Å². The second-order valence-corrected chi connectivity index (χ2v) is 4.22. The van der Waals surface area contributed by atoms with Gasteiger partial charge in [0.2, 0.25) is 0 Å². The number of carboxylic acid groups (broad SMARTS) is 1. The first-order valence-corrected chi connectivity index (χ1v) is 5.55. The summed E-state index contributed by atoms with van der Waals surface area (Å²) in [5, 5.41) is 19.9. The van der Waals surface area contributed by atoms with E-state index in [-0.39, 0.29) is 6.61 Å². The SMILES string of the molecule is COCC(C)(c1ccccc1/C=C/C(=O)O)[N+](=O)[O-]. The quantitative estimate of drug-likeness (QED) is 0.482. The van der Waals surface area contributed by atoms with E-state index >= 15 is 0 Å². The normalized spacial score (nSPS) is 14.2. The van der Waals surface area contributed by atoms with Gasteiger partial charge in [0.15, 0.2) is 0 Å². The lowest BCUT2D eigenvalue weighted by atomic mass is 9.89. The number of nitrogens with zero attached hydrogens (tertiary/aromatic N) is 1. The van der Waals surface area contributed by atoms with Crippen LogP contribution < -0.4 is 0 Å². The van der Waals surface area contributed by atoms with Crippen molar-refractivity contribution in [1.82, 2.24) is 0 Å². The van der Waals surface area contributed by atoms with Crippen molar-refractivity contribution in [2.45, 2.75) is 12.5 Å². The smallest absolute Gasteiger partial charge is 0.328 e. The van der Waals surface area contributed by atoms with E-state index in [1.54, 1.807) is 24.3 Å². The fraction of sp³-hybridized carbons (Fsp3) is 0.308. The van der Waals surface area contributed by atoms with Crippen LogP contribution in [0.2, 0.25) is 0 Å². The standard InChI is InChI=1S/C13H15NO5/c1-13(9-19-2,14(17)18)11-6-4-3-5-10(11)7-8-12(15)16/h3-8H,9H2,1-2H3,(H,15,16)/b8-7+. The molecule has 0 fully saturated rings. The van der Waals surface area contributed by atoms with E-state index in [4.69, 9.17) is 9.84 Å². The van der Waals surface area contributed by atoms with E-state index < -0.39 is 16.4 Å². The molecule has 0 aromatic heterocycles. The number of methoxy groups -OCH3 is 1. The minimum atomic E-state index is -1.42. The molecule has 0 aliphatic heterocycles. The van der Waals surface area contributed by atoms with Crippen LogP contribution in [0.15, 0.2) is 30.3 Å². The van der Waals surface area contributed by atoms with Crippen LogP contribution in [0.1, 0.15) is 18.1 Å². The summed E-state index contributed by atoms with van der Waals surface area (Å²) in [7, 11) is 1.39. The summed E-state index contributed by atoms with van der Waals surface area (Å²) in [4.78, 5) is 21.4. The first-order valence-electron chi connectivity index (χ1n) is 5.55. The van der Waals surface area contributed by atoms with Crippen LogP contribution in [0, 0.1) is 10.1 Å². The number of aliphatic carboxylic acids is 1. The van der Waals surface area contributed by atoms with Crippen LogP contribution in [-0.4, -0.2) is 29.7 Å². The summed E-state index contributed by atoms with van der Waals surface area (Å²) in [6.45, 7) is 1.35. The van der Waals surface area contributed by atoms with Gasteiger partial charge in [-0.1, -0.05) is 24.3 Å². The van der Waals surface area contributed by atoms with Gasteiger partial charge in [0, 0.05) is 30.6 Å². The molecule has 0 amide bonds. The average Bonchev–Trinajstić information content (AvgIpc) is 2.36. The van der Waals surface area contributed by atoms with Crippen LogP contribution in [0.25, 0.3) is 6.08 Å². The number of benzene rings is 1. The van der Waals surface area contributed by atoms with Gasteiger partial charge in [-0.25, -0.2) is 4.79 Å². The minimum Gasteiger partial charge on any atom is -0.478 e. The highest BCUT2D eigenvalue weighted by atomic mass is 16.6. The molecule has 0 saturated heterocycles. The predicted octanol–water partition coefficient (Wildman–Crippen LogP) is 1.92. The zero-order valence-electron chi connectivity index (χ0n) is 10.7. The summed E-state index contributed by atoms with van der Waals surface area (Å²) in [5.74, 6) is -1.11. The van der Waals surface area contributed by atoms with E-state index in [2.05, 4.69) is 0 Å². The maximum atomic E-state index is 11.3. The molecule has 0 aliphatic rings. The van der Waals surface area contributed by atoms with Crippen molar-refractivity contribution < 1.29 is 19.6 Å². The van der Waals surface area contributed by atoms with Crippen molar-refractivity contribution >= 4 is 12.0 Å². The third kappa shape index (κ3) is 3.38. The lowest BCUT2D eigenvalue weighted by Gasteiger charge is -2.22. The summed E-state index contributed by atoms with van der Waals surface area (Å²) in [6.07, 6.45) is 2.29. The Kier molecular flexibility index (Phi) is 4.77. The molecule has 1 aromatic carbocycles. The van der Waals surface area contributed by atoms with Gasteiger partial charge in [-0.3, -0.25) is 10.1 Å². The first-order chi connectivity index (χ1) is 8.91. The molecule has 0 saturated carbocycles. The molecule has 1 unspecified atom stereocenters. The lowest BCUT2D eigenvalue weighted by molar-refractivity contribution is -0.578. The summed E-state index contributed by atoms with van der Waals surface area (Å²) in [5.41, 5.74) is -0.519. The number of ether oxygens (including phenoxy) is 1. The molecule has 1 atom stereocenters. The highest BCUT2D eigenvalue weighted by molar-refractivity contribution is 5.85. The second kappa shape index (κ2) is 6.10. The number of carboxylic acids is 1. The van der Waals surface area contributed by atoms with Gasteiger partial charge in [-0.15, -0.1) is 0 Å². The Labute approximate surface area is 110 Å². The van der Waals surface area contributed by atoms with Gasteiger partial charge in [-0.2, -0.15) is 0 Å². The van der Waals surface area contributed by atoms with Gasteiger partial charge in [0.25, 0.3) is 5.54 Å². The van der Waals surface area contributed by atoms with Crippen LogP contribution >= 0.6 is 0 Å². The molecule has 0 radical (unpaired) electrons. The van der Waals surface area contributed by atoms with Crippen LogP contribution in [0.4, 0.5) is 0 Å². The number of hydrogen-bond donors (Lipinski definition) is 1. The Hall–Kier alpha value is -2.21. The molecule has 0 spiro atoms. The number of nitro groups is 1. The molecular formula is C13H15NO5. The Morgan fingerprint density at radius 2 is 2.16 bits per heavy atom. The fourth-order valence-electron chi connectivity index (χ4n) is 1.80. The van der Waals surface area contributed by atoms with E-state index in [0.29, 0.717) is 11.1 Å². The van der Waals surface area contributed by atoms with E-state index in [0.717, 1.165) is 6.08 Å². The van der Waals surface area contributed by atoms with E-state index in [9.17, 15) is 14.9 Å². The molecule has 6 nitrogen and oxygen atoms in total. The molecule has 0 heterocycles. The number of hydrogen-bond acceptors (Lipinski definition) is 4. The maximum absolute atomic E-state index is 11.3. The molecule has 1 rings (SSSR count). The lowest BCUT2D eigenvalue weighted by Crippen LogP contribution is -2.37. The average molecular weight is 265 g/mol. The number of rotatable bonds is 6. The molecule has 19 heavy (non-hydrogen) atoms. The molecule has 102 valence electrons. The van der Waals surface area contributed by atoms with Gasteiger partial charge in [0.05, 0.1) is 0 Å². The summed E-state index contributed by atoms with van der Waals surface area (Å²) in [6, 6.07) is 6.60. The first kappa shape index (κ1) is 14.8. The molecule has 1 N–H and O–H groups in total. The second-order valence-electron chi connectivity index (χ2n) is 4.22. The zero-order valence-corrected chi connectivity index (χ0v) is 10.7. The van der Waals surface area contributed by atoms with Gasteiger partial charge >= 0.3 is 5.97 Å². The van der Waals surface area contributed by atoms with Crippen LogP contribution in [0.3, 0.4) is 0 Å². The number of carbonyl (C=O) groups is 1. The summed E-state index contributed by atoms with van der Waals surface area (Å²) >= 11 is 0. The molecule has 0 bridgehead atoms. The third-order valence-corrected chi connectivity index (χ3v) is 2.77. The monoisotopic (exact) mass is 265 g/mol. The van der Waals surface area contributed by atoms with Gasteiger partial charge in [-0.05, 0) is 11.6 Å². The zero-order chi connectivity index (χ0) is 14.5. The van der Waals surface area contributed by atoms with Crippen molar-refractivity contribution in [2.75, 3.05) is 13.7 Å². The van der Waals surface area contributed by atoms with Crippen molar-refractivity contribution in [3.8, 4) is 0 Å². The molecule has 6 heteroatoms. The molecule has 0 aliphatic carbocycles.